The van der Waals surface area contributed by atoms with Crippen molar-refractivity contribution in [2.75, 3.05) is 13.6 Å². The van der Waals surface area contributed by atoms with Gasteiger partial charge in [0.25, 0.3) is 10.0 Å². The fourth-order valence-corrected chi connectivity index (χ4v) is 5.47. The maximum absolute atomic E-state index is 12.4. The number of thiophene rings is 1. The predicted octanol–water partition coefficient (Wildman–Crippen LogP) is 3.69. The van der Waals surface area contributed by atoms with Crippen molar-refractivity contribution in [1.29, 1.82) is 0 Å². The average Bonchev–Trinajstić information content (AvgIpc) is 2.89. The molecule has 19 heavy (non-hydrogen) atoms. The van der Waals surface area contributed by atoms with Gasteiger partial charge in [-0.3, -0.25) is 0 Å². The molecule has 0 saturated heterocycles. The molecule has 3 nitrogen and oxygen atoms in total. The third kappa shape index (κ3) is 3.72. The molecular formula is C13H20ClNO2S2. The first-order valence-electron chi connectivity index (χ1n) is 6.65. The summed E-state index contributed by atoms with van der Waals surface area (Å²) < 4.78 is 26.8. The van der Waals surface area contributed by atoms with Crippen molar-refractivity contribution in [3.8, 4) is 0 Å². The van der Waals surface area contributed by atoms with Gasteiger partial charge in [0.15, 0.2) is 0 Å². The zero-order chi connectivity index (χ0) is 13.9. The highest BCUT2D eigenvalue weighted by Gasteiger charge is 2.26. The van der Waals surface area contributed by atoms with Crippen LogP contribution in [0.3, 0.4) is 0 Å². The van der Waals surface area contributed by atoms with Crippen molar-refractivity contribution in [3.63, 3.8) is 0 Å². The van der Waals surface area contributed by atoms with Crippen molar-refractivity contribution >= 4 is 33.0 Å². The molecule has 0 aliphatic heterocycles. The molecule has 1 saturated carbocycles. The first-order chi connectivity index (χ1) is 9.04. The first-order valence-corrected chi connectivity index (χ1v) is 9.44. The quantitative estimate of drug-likeness (QED) is 0.776. The van der Waals surface area contributed by atoms with Crippen molar-refractivity contribution < 1.29 is 8.42 Å². The van der Waals surface area contributed by atoms with Crippen LogP contribution in [0, 0.1) is 5.92 Å². The molecule has 0 unspecified atom stereocenters. The second-order valence-corrected chi connectivity index (χ2v) is 8.85. The molecule has 108 valence electrons. The minimum Gasteiger partial charge on any atom is -0.206 e. The largest absolute Gasteiger partial charge is 0.252 e. The Hall–Kier alpha value is -0.100. The Labute approximate surface area is 124 Å². The highest BCUT2D eigenvalue weighted by atomic mass is 35.5. The van der Waals surface area contributed by atoms with E-state index in [1.54, 1.807) is 19.2 Å². The molecule has 0 bridgehead atoms. The monoisotopic (exact) mass is 321 g/mol. The highest BCUT2D eigenvalue weighted by molar-refractivity contribution is 7.91. The van der Waals surface area contributed by atoms with Crippen LogP contribution in [0.2, 0.25) is 0 Å². The molecule has 1 heterocycles. The predicted molar refractivity (Wildman–Crippen MR) is 80.3 cm³/mol. The van der Waals surface area contributed by atoms with Gasteiger partial charge < -0.3 is 0 Å². The Morgan fingerprint density at radius 3 is 2.58 bits per heavy atom. The van der Waals surface area contributed by atoms with E-state index in [4.69, 9.17) is 11.6 Å². The Morgan fingerprint density at radius 1 is 1.32 bits per heavy atom. The number of nitrogens with zero attached hydrogens (tertiary/aromatic N) is 1. The third-order valence-electron chi connectivity index (χ3n) is 3.67. The standard InChI is InChI=1S/C13H20ClNO2S2/c1-15(10-11-5-3-2-4-6-11)19(16,17)13-8-7-12(9-14)18-13/h7-8,11H,2-6,9-10H2,1H3. The van der Waals surface area contributed by atoms with E-state index in [9.17, 15) is 8.42 Å². The van der Waals surface area contributed by atoms with Gasteiger partial charge in [0, 0.05) is 18.5 Å². The Kier molecular flexibility index (Phi) is 5.29. The third-order valence-corrected chi connectivity index (χ3v) is 7.50. The van der Waals surface area contributed by atoms with Gasteiger partial charge in [-0.25, -0.2) is 8.42 Å². The summed E-state index contributed by atoms with van der Waals surface area (Å²) in [6.07, 6.45) is 6.05. The molecule has 1 fully saturated rings. The molecule has 0 spiro atoms. The molecule has 1 aliphatic rings. The van der Waals surface area contributed by atoms with E-state index in [1.165, 1.54) is 34.9 Å². The first kappa shape index (κ1) is 15.3. The number of hydrogen-bond acceptors (Lipinski definition) is 3. The maximum Gasteiger partial charge on any atom is 0.252 e. The molecular weight excluding hydrogens is 302 g/mol. The summed E-state index contributed by atoms with van der Waals surface area (Å²) >= 11 is 7.00. The second-order valence-electron chi connectivity index (χ2n) is 5.14. The lowest BCUT2D eigenvalue weighted by atomic mass is 9.89. The number of alkyl halides is 1. The van der Waals surface area contributed by atoms with Gasteiger partial charge in [0.2, 0.25) is 0 Å². The second kappa shape index (κ2) is 6.57. The molecule has 0 amide bonds. The lowest BCUT2D eigenvalue weighted by Gasteiger charge is -2.26. The van der Waals surface area contributed by atoms with Crippen molar-refractivity contribution in [2.45, 2.75) is 42.2 Å². The molecule has 0 aromatic carbocycles. The molecule has 1 aromatic heterocycles. The molecule has 2 rings (SSSR count). The van der Waals surface area contributed by atoms with Crippen LogP contribution in [0.15, 0.2) is 16.3 Å². The van der Waals surface area contributed by atoms with Crippen LogP contribution in [-0.4, -0.2) is 26.3 Å². The Bertz CT molecular complexity index is 506. The van der Waals surface area contributed by atoms with Crippen LogP contribution < -0.4 is 0 Å². The molecule has 1 aromatic rings. The van der Waals surface area contributed by atoms with Gasteiger partial charge in [-0.05, 0) is 30.9 Å². The molecule has 6 heteroatoms. The van der Waals surface area contributed by atoms with Gasteiger partial charge in [0.1, 0.15) is 4.21 Å². The summed E-state index contributed by atoms with van der Waals surface area (Å²) in [6.45, 7) is 0.635. The van der Waals surface area contributed by atoms with Gasteiger partial charge in [0.05, 0.1) is 5.88 Å². The zero-order valence-corrected chi connectivity index (χ0v) is 13.5. The number of halogens is 1. The van der Waals surface area contributed by atoms with Crippen LogP contribution in [0.4, 0.5) is 0 Å². The Morgan fingerprint density at radius 2 is 2.00 bits per heavy atom. The maximum atomic E-state index is 12.4. The topological polar surface area (TPSA) is 37.4 Å². The lowest BCUT2D eigenvalue weighted by molar-refractivity contribution is 0.300. The summed E-state index contributed by atoms with van der Waals surface area (Å²) in [5.41, 5.74) is 0. The fraction of sp³-hybridized carbons (Fsp3) is 0.692. The SMILES string of the molecule is CN(CC1CCCCC1)S(=O)(=O)c1ccc(CCl)s1. The smallest absolute Gasteiger partial charge is 0.206 e. The van der Waals surface area contributed by atoms with Gasteiger partial charge in [-0.15, -0.1) is 22.9 Å². The van der Waals surface area contributed by atoms with Crippen molar-refractivity contribution in [1.82, 2.24) is 4.31 Å². The van der Waals surface area contributed by atoms with Crippen LogP contribution >= 0.6 is 22.9 Å². The van der Waals surface area contributed by atoms with E-state index in [1.807, 2.05) is 0 Å². The summed E-state index contributed by atoms with van der Waals surface area (Å²) in [7, 11) is -1.65. The summed E-state index contributed by atoms with van der Waals surface area (Å²) in [5, 5.41) is 0. The van der Waals surface area contributed by atoms with E-state index >= 15 is 0 Å². The van der Waals surface area contributed by atoms with Crippen molar-refractivity contribution in [3.05, 3.63) is 17.0 Å². The van der Waals surface area contributed by atoms with Gasteiger partial charge in [-0.2, -0.15) is 4.31 Å². The Balaban J connectivity index is 2.05. The van der Waals surface area contributed by atoms with E-state index < -0.39 is 10.0 Å². The minimum atomic E-state index is -3.33. The zero-order valence-electron chi connectivity index (χ0n) is 11.1. The minimum absolute atomic E-state index is 0.368. The van der Waals surface area contributed by atoms with Crippen LogP contribution in [0.1, 0.15) is 37.0 Å². The number of hydrogen-bond donors (Lipinski definition) is 0. The summed E-state index contributed by atoms with van der Waals surface area (Å²) in [4.78, 5) is 0.895. The van der Waals surface area contributed by atoms with E-state index in [0.717, 1.165) is 17.7 Å². The summed E-state index contributed by atoms with van der Waals surface area (Å²) in [5.74, 6) is 0.882. The van der Waals surface area contributed by atoms with E-state index in [0.29, 0.717) is 22.6 Å². The van der Waals surface area contributed by atoms with Gasteiger partial charge >= 0.3 is 0 Å². The number of sulfonamides is 1. The average molecular weight is 322 g/mol. The van der Waals surface area contributed by atoms with Crippen LogP contribution in [0.5, 0.6) is 0 Å². The fourth-order valence-electron chi connectivity index (χ4n) is 2.55. The molecule has 0 radical (unpaired) electrons. The van der Waals surface area contributed by atoms with Crippen molar-refractivity contribution in [2.24, 2.45) is 5.92 Å². The van der Waals surface area contributed by atoms with Crippen LogP contribution in [-0.2, 0) is 15.9 Å². The van der Waals surface area contributed by atoms with E-state index in [2.05, 4.69) is 0 Å². The molecule has 1 aliphatic carbocycles. The highest BCUT2D eigenvalue weighted by Crippen LogP contribution is 2.28. The van der Waals surface area contributed by atoms with Crippen LogP contribution in [0.25, 0.3) is 0 Å². The molecule has 0 N–H and O–H groups in total. The van der Waals surface area contributed by atoms with Gasteiger partial charge in [-0.1, -0.05) is 19.3 Å². The molecule has 0 atom stereocenters. The normalized spacial score (nSPS) is 18.1. The van der Waals surface area contributed by atoms with E-state index in [-0.39, 0.29) is 0 Å². The summed E-state index contributed by atoms with van der Waals surface area (Å²) in [6, 6.07) is 3.45. The number of rotatable bonds is 5. The lowest BCUT2D eigenvalue weighted by Crippen LogP contribution is -2.32.